The normalized spacial score (nSPS) is 14.6. The van der Waals surface area contributed by atoms with Gasteiger partial charge in [-0.1, -0.05) is 12.1 Å². The molecule has 3 aromatic rings. The van der Waals surface area contributed by atoms with Crippen LogP contribution in [0.2, 0.25) is 0 Å². The molecule has 0 atom stereocenters. The average Bonchev–Trinajstić information content (AvgIpc) is 3.06. The minimum absolute atomic E-state index is 0.494. The minimum atomic E-state index is -3.34. The van der Waals surface area contributed by atoms with E-state index in [1.165, 1.54) is 0 Å². The van der Waals surface area contributed by atoms with Crippen LogP contribution in [0.3, 0.4) is 0 Å². The Morgan fingerprint density at radius 1 is 1.13 bits per heavy atom. The fourth-order valence-corrected chi connectivity index (χ4v) is 4.58. The molecule has 0 amide bonds. The van der Waals surface area contributed by atoms with Gasteiger partial charge in [0.1, 0.15) is 6.07 Å². The van der Waals surface area contributed by atoms with Gasteiger partial charge in [0.15, 0.2) is 0 Å². The maximum Gasteiger partial charge on any atom is 0.229 e. The predicted molar refractivity (Wildman–Crippen MR) is 119 cm³/mol. The van der Waals surface area contributed by atoms with Gasteiger partial charge < -0.3 is 14.2 Å². The summed E-state index contributed by atoms with van der Waals surface area (Å²) in [6.07, 6.45) is 1.12. The van der Waals surface area contributed by atoms with Crippen molar-refractivity contribution in [3.05, 3.63) is 48.0 Å². The molecule has 7 nitrogen and oxygen atoms in total. The molecule has 1 saturated heterocycles. The summed E-state index contributed by atoms with van der Waals surface area (Å²) in [5, 5.41) is 10.9. The van der Waals surface area contributed by atoms with Crippen LogP contribution in [0.5, 0.6) is 0 Å². The van der Waals surface area contributed by atoms with Crippen LogP contribution in [0.1, 0.15) is 12.5 Å². The van der Waals surface area contributed by atoms with Gasteiger partial charge in [0.2, 0.25) is 10.0 Å². The molecule has 4 rings (SSSR count). The molecule has 0 unspecified atom stereocenters. The van der Waals surface area contributed by atoms with Gasteiger partial charge in [0, 0.05) is 41.9 Å². The molecular weight excluding hydrogens is 400 g/mol. The quantitative estimate of drug-likeness (QED) is 0.678. The maximum absolute atomic E-state index is 11.5. The Bertz CT molecular complexity index is 1220. The van der Waals surface area contributed by atoms with Crippen LogP contribution in [0.25, 0.3) is 22.2 Å². The highest BCUT2D eigenvalue weighted by Gasteiger charge is 2.20. The van der Waals surface area contributed by atoms with E-state index in [1.54, 1.807) is 12.1 Å². The summed E-state index contributed by atoms with van der Waals surface area (Å²) < 4.78 is 33.0. The van der Waals surface area contributed by atoms with Crippen molar-refractivity contribution < 1.29 is 13.2 Å². The van der Waals surface area contributed by atoms with Crippen LogP contribution < -0.4 is 9.62 Å². The third kappa shape index (κ3) is 3.86. The fraction of sp³-hybridized carbons (Fsp3) is 0.318. The molecule has 156 valence electrons. The molecule has 1 N–H and O–H groups in total. The molecule has 2 heterocycles. The zero-order chi connectivity index (χ0) is 21.3. The summed E-state index contributed by atoms with van der Waals surface area (Å²) in [4.78, 5) is 2.28. The molecule has 0 radical (unpaired) electrons. The number of fused-ring (bicyclic) bond motifs is 1. The average molecular weight is 425 g/mol. The van der Waals surface area contributed by atoms with Gasteiger partial charge in [-0.05, 0) is 42.8 Å². The maximum atomic E-state index is 11.5. The van der Waals surface area contributed by atoms with Crippen molar-refractivity contribution in [1.82, 2.24) is 4.57 Å². The number of hydrogen-bond acceptors (Lipinski definition) is 5. The summed E-state index contributed by atoms with van der Waals surface area (Å²) in [5.74, 6) is 0. The second-order valence-electron chi connectivity index (χ2n) is 7.33. The first kappa shape index (κ1) is 20.3. The third-order valence-electron chi connectivity index (χ3n) is 5.31. The zero-order valence-corrected chi connectivity index (χ0v) is 17.9. The van der Waals surface area contributed by atoms with E-state index in [2.05, 4.69) is 45.4 Å². The standard InChI is InChI=1S/C22H24N4O3S/c1-3-26-21-9-8-18(25-10-12-29-13-11-25)14-19(21)20(15-23)22(26)16-4-6-17(7-5-16)24-30(2,27)28/h4-9,14,24H,3,10-13H2,1-2H3. The Labute approximate surface area is 176 Å². The van der Waals surface area contributed by atoms with Gasteiger partial charge in [-0.25, -0.2) is 8.42 Å². The van der Waals surface area contributed by atoms with Crippen molar-refractivity contribution in [2.45, 2.75) is 13.5 Å². The number of aryl methyl sites for hydroxylation is 1. The first-order chi connectivity index (χ1) is 14.4. The van der Waals surface area contributed by atoms with E-state index in [1.807, 2.05) is 12.1 Å². The van der Waals surface area contributed by atoms with Gasteiger partial charge in [0.05, 0.1) is 30.7 Å². The molecule has 1 fully saturated rings. The molecule has 1 aliphatic heterocycles. The number of benzene rings is 2. The Morgan fingerprint density at radius 2 is 1.83 bits per heavy atom. The number of nitrogens with one attached hydrogen (secondary N) is 1. The molecule has 0 bridgehead atoms. The van der Waals surface area contributed by atoms with E-state index in [9.17, 15) is 13.7 Å². The van der Waals surface area contributed by atoms with E-state index in [0.29, 0.717) is 31.0 Å². The number of aromatic nitrogens is 1. The number of anilines is 2. The second-order valence-corrected chi connectivity index (χ2v) is 9.08. The lowest BCUT2D eigenvalue weighted by Crippen LogP contribution is -2.36. The van der Waals surface area contributed by atoms with Gasteiger partial charge in [-0.3, -0.25) is 4.72 Å². The van der Waals surface area contributed by atoms with Crippen LogP contribution in [0.4, 0.5) is 11.4 Å². The number of hydrogen-bond donors (Lipinski definition) is 1. The molecule has 1 aromatic heterocycles. The molecule has 2 aromatic carbocycles. The number of nitriles is 1. The lowest BCUT2D eigenvalue weighted by molar-refractivity contribution is 0.122. The highest BCUT2D eigenvalue weighted by molar-refractivity contribution is 7.92. The Balaban J connectivity index is 1.82. The summed E-state index contributed by atoms with van der Waals surface area (Å²) in [6, 6.07) is 15.8. The minimum Gasteiger partial charge on any atom is -0.378 e. The van der Waals surface area contributed by atoms with Gasteiger partial charge >= 0.3 is 0 Å². The van der Waals surface area contributed by atoms with Gasteiger partial charge in [-0.2, -0.15) is 5.26 Å². The summed E-state index contributed by atoms with van der Waals surface area (Å²) in [6.45, 7) is 5.86. The second kappa shape index (κ2) is 8.01. The number of ether oxygens (including phenoxy) is 1. The first-order valence-corrected chi connectivity index (χ1v) is 11.8. The molecule has 0 spiro atoms. The van der Waals surface area contributed by atoms with Crippen LogP contribution in [-0.4, -0.2) is 45.5 Å². The van der Waals surface area contributed by atoms with Crippen LogP contribution in [-0.2, 0) is 21.3 Å². The topological polar surface area (TPSA) is 87.4 Å². The largest absolute Gasteiger partial charge is 0.378 e. The smallest absolute Gasteiger partial charge is 0.229 e. The van der Waals surface area contributed by atoms with Crippen molar-refractivity contribution in [2.24, 2.45) is 0 Å². The van der Waals surface area contributed by atoms with Crippen molar-refractivity contribution in [3.8, 4) is 17.3 Å². The van der Waals surface area contributed by atoms with Crippen molar-refractivity contribution in [1.29, 1.82) is 5.26 Å². The van der Waals surface area contributed by atoms with Crippen LogP contribution >= 0.6 is 0 Å². The number of nitrogens with zero attached hydrogens (tertiary/aromatic N) is 3. The van der Waals surface area contributed by atoms with Crippen molar-refractivity contribution in [3.63, 3.8) is 0 Å². The number of sulfonamides is 1. The van der Waals surface area contributed by atoms with E-state index in [0.717, 1.165) is 47.2 Å². The highest BCUT2D eigenvalue weighted by Crippen LogP contribution is 2.36. The van der Waals surface area contributed by atoms with Crippen molar-refractivity contribution >= 4 is 32.3 Å². The Morgan fingerprint density at radius 3 is 2.43 bits per heavy atom. The third-order valence-corrected chi connectivity index (χ3v) is 5.92. The molecule has 0 saturated carbocycles. The van der Waals surface area contributed by atoms with Crippen LogP contribution in [0, 0.1) is 11.3 Å². The summed E-state index contributed by atoms with van der Waals surface area (Å²) in [7, 11) is -3.34. The zero-order valence-electron chi connectivity index (χ0n) is 17.1. The SMILES string of the molecule is CCn1c(-c2ccc(NS(C)(=O)=O)cc2)c(C#N)c2cc(N3CCOCC3)ccc21. The predicted octanol–water partition coefficient (Wildman–Crippen LogP) is 3.41. The van der Waals surface area contributed by atoms with E-state index < -0.39 is 10.0 Å². The lowest BCUT2D eigenvalue weighted by atomic mass is 10.1. The van der Waals surface area contributed by atoms with E-state index in [4.69, 9.17) is 4.74 Å². The summed E-state index contributed by atoms with van der Waals surface area (Å²) >= 11 is 0. The molecule has 8 heteroatoms. The van der Waals surface area contributed by atoms with Crippen molar-refractivity contribution in [2.75, 3.05) is 42.2 Å². The fourth-order valence-electron chi connectivity index (χ4n) is 4.01. The van der Waals surface area contributed by atoms with Gasteiger partial charge in [0.25, 0.3) is 0 Å². The monoisotopic (exact) mass is 424 g/mol. The molecule has 0 aliphatic carbocycles. The Hall–Kier alpha value is -3.02. The Kier molecular flexibility index (Phi) is 5.41. The highest BCUT2D eigenvalue weighted by atomic mass is 32.2. The lowest BCUT2D eigenvalue weighted by Gasteiger charge is -2.28. The van der Waals surface area contributed by atoms with Gasteiger partial charge in [-0.15, -0.1) is 0 Å². The first-order valence-electron chi connectivity index (χ1n) is 9.88. The number of morpholine rings is 1. The number of rotatable bonds is 5. The van der Waals surface area contributed by atoms with E-state index >= 15 is 0 Å². The van der Waals surface area contributed by atoms with E-state index in [-0.39, 0.29) is 0 Å². The molecular formula is C22H24N4O3S. The molecule has 1 aliphatic rings. The van der Waals surface area contributed by atoms with Crippen LogP contribution in [0.15, 0.2) is 42.5 Å². The molecule has 30 heavy (non-hydrogen) atoms. The summed E-state index contributed by atoms with van der Waals surface area (Å²) in [5.41, 5.74) is 4.95.